The second-order valence-electron chi connectivity index (χ2n) is 13.1. The number of phenols is 1. The highest BCUT2D eigenvalue weighted by Gasteiger charge is 2.70. The lowest BCUT2D eigenvalue weighted by molar-refractivity contribution is -0.143. The predicted molar refractivity (Wildman–Crippen MR) is 174 cm³/mol. The molecule has 0 radical (unpaired) electrons. The van der Waals surface area contributed by atoms with Crippen molar-refractivity contribution in [3.05, 3.63) is 98.9 Å². The first-order valence-electron chi connectivity index (χ1n) is 16.0. The summed E-state index contributed by atoms with van der Waals surface area (Å²) < 4.78 is 55.3. The molecule has 2 aromatic carbocycles. The number of hydrogen-bond acceptors (Lipinski definition) is 8. The lowest BCUT2D eigenvalue weighted by Gasteiger charge is -2.50. The topological polar surface area (TPSA) is 157 Å². The van der Waals surface area contributed by atoms with Crippen molar-refractivity contribution in [2.24, 2.45) is 23.7 Å². The minimum Gasteiger partial charge on any atom is -0.505 e. The average molecular weight is 762 g/mol. The van der Waals surface area contributed by atoms with E-state index in [0.717, 1.165) is 11.0 Å². The number of amides is 4. The van der Waals surface area contributed by atoms with Crippen LogP contribution in [0.2, 0.25) is 10.0 Å². The van der Waals surface area contributed by atoms with Gasteiger partial charge in [-0.1, -0.05) is 59.1 Å². The number of pyridine rings is 1. The van der Waals surface area contributed by atoms with E-state index in [2.05, 4.69) is 10.4 Å². The van der Waals surface area contributed by atoms with Gasteiger partial charge in [-0.15, -0.1) is 0 Å². The number of benzene rings is 2. The van der Waals surface area contributed by atoms with Crippen LogP contribution in [0.5, 0.6) is 5.75 Å². The highest BCUT2D eigenvalue weighted by atomic mass is 35.5. The number of anilines is 1. The van der Waals surface area contributed by atoms with E-state index >= 15 is 9.18 Å². The van der Waals surface area contributed by atoms with Gasteiger partial charge in [-0.3, -0.25) is 34.3 Å². The van der Waals surface area contributed by atoms with E-state index in [1.165, 1.54) is 36.4 Å². The number of aliphatic carboxylic acids is 1. The molecule has 7 rings (SSSR count). The molecule has 3 N–H and O–H groups in total. The number of carboxylic acids is 1. The number of carbonyl (C=O) groups is 5. The molecule has 11 nitrogen and oxygen atoms in total. The largest absolute Gasteiger partial charge is 0.505 e. The van der Waals surface area contributed by atoms with E-state index in [4.69, 9.17) is 23.2 Å². The summed E-state index contributed by atoms with van der Waals surface area (Å²) in [4.78, 5) is 73.0. The van der Waals surface area contributed by atoms with E-state index < -0.39 is 105 Å². The monoisotopic (exact) mass is 760 g/mol. The molecule has 0 bridgehead atoms. The molecule has 0 unspecified atom stereocenters. The Hall–Kier alpha value is -5.02. The van der Waals surface area contributed by atoms with Crippen molar-refractivity contribution in [3.8, 4) is 5.75 Å². The molecule has 4 amide bonds. The van der Waals surface area contributed by atoms with Gasteiger partial charge in [0.1, 0.15) is 0 Å². The van der Waals surface area contributed by atoms with Crippen LogP contribution in [0.1, 0.15) is 41.9 Å². The van der Waals surface area contributed by atoms with E-state index in [1.54, 1.807) is 6.08 Å². The number of carbonyl (C=O) groups excluding carboxylic acids is 4. The second kappa shape index (κ2) is 12.6. The molecular weight excluding hydrogens is 735 g/mol. The number of alkyl halides is 3. The maximum atomic E-state index is 15.2. The summed E-state index contributed by atoms with van der Waals surface area (Å²) in [5, 5.41) is 20.7. The Morgan fingerprint density at radius 2 is 1.73 bits per heavy atom. The Morgan fingerprint density at radius 3 is 2.38 bits per heavy atom. The molecule has 17 heteroatoms. The van der Waals surface area contributed by atoms with Gasteiger partial charge in [-0.2, -0.15) is 18.2 Å². The van der Waals surface area contributed by atoms with E-state index in [-0.39, 0.29) is 35.5 Å². The van der Waals surface area contributed by atoms with Crippen molar-refractivity contribution in [2.75, 3.05) is 12.0 Å². The predicted octanol–water partition coefficient (Wildman–Crippen LogP) is 5.71. The third kappa shape index (κ3) is 5.31. The number of nitrogens with zero attached hydrogens (tertiary/aromatic N) is 3. The van der Waals surface area contributed by atoms with Crippen LogP contribution >= 0.6 is 23.2 Å². The van der Waals surface area contributed by atoms with Crippen molar-refractivity contribution >= 4 is 58.6 Å². The maximum absolute atomic E-state index is 15.2. The maximum Gasteiger partial charge on any atom is 0.417 e. The summed E-state index contributed by atoms with van der Waals surface area (Å²) in [5.74, 6) is -12.3. The van der Waals surface area contributed by atoms with Crippen LogP contribution < -0.4 is 5.43 Å². The van der Waals surface area contributed by atoms with Crippen molar-refractivity contribution in [1.29, 1.82) is 0 Å². The van der Waals surface area contributed by atoms with Gasteiger partial charge in [0.15, 0.2) is 17.4 Å². The van der Waals surface area contributed by atoms with Gasteiger partial charge < -0.3 is 10.2 Å². The number of aromatic hydroxyl groups is 1. The lowest BCUT2D eigenvalue weighted by Crippen LogP contribution is -2.53. The third-order valence-corrected chi connectivity index (χ3v) is 11.1. The number of carboxylic acid groups (broad SMARTS) is 1. The van der Waals surface area contributed by atoms with Crippen LogP contribution in [0.25, 0.3) is 0 Å². The molecule has 6 atom stereocenters. The number of hydrogen-bond donors (Lipinski definition) is 3. The Balaban J connectivity index is 1.42. The number of halogens is 6. The number of imide groups is 2. The van der Waals surface area contributed by atoms with Gasteiger partial charge in [0, 0.05) is 29.2 Å². The zero-order chi connectivity index (χ0) is 37.4. The first kappa shape index (κ1) is 35.4. The molecule has 0 spiro atoms. The molecule has 3 heterocycles. The minimum atomic E-state index is -4.80. The number of nitrogens with one attached hydrogen (secondary N) is 1. The number of aromatic nitrogens is 1. The van der Waals surface area contributed by atoms with Gasteiger partial charge in [-0.25, -0.2) is 9.37 Å². The van der Waals surface area contributed by atoms with Gasteiger partial charge in [0.25, 0.3) is 11.8 Å². The van der Waals surface area contributed by atoms with Crippen LogP contribution in [0, 0.1) is 29.5 Å². The summed E-state index contributed by atoms with van der Waals surface area (Å²) in [6, 6.07) is 10.1. The fourth-order valence-electron chi connectivity index (χ4n) is 8.39. The van der Waals surface area contributed by atoms with E-state index in [1.807, 2.05) is 0 Å². The molecule has 4 aliphatic rings. The number of likely N-dealkylation sites (tertiary alicyclic amines) is 1. The van der Waals surface area contributed by atoms with E-state index in [0.29, 0.717) is 22.8 Å². The molecule has 3 fully saturated rings. The fourth-order valence-corrected chi connectivity index (χ4v) is 8.72. The minimum absolute atomic E-state index is 0.0201. The van der Waals surface area contributed by atoms with Gasteiger partial charge in [0.2, 0.25) is 11.8 Å². The normalized spacial score (nSPS) is 27.0. The number of phenolic OH excluding ortho intramolecular Hbond substituents is 1. The smallest absolute Gasteiger partial charge is 0.417 e. The van der Waals surface area contributed by atoms with Crippen molar-refractivity contribution in [2.45, 2.75) is 36.8 Å². The molecule has 2 aliphatic carbocycles. The van der Waals surface area contributed by atoms with Crippen molar-refractivity contribution in [3.63, 3.8) is 0 Å². The number of para-hydroxylation sites is 1. The van der Waals surface area contributed by atoms with Crippen LogP contribution in [-0.2, 0) is 35.6 Å². The van der Waals surface area contributed by atoms with Crippen LogP contribution in [0.3, 0.4) is 0 Å². The Kier molecular flexibility index (Phi) is 8.56. The SMILES string of the molecule is O=C(O)CCN1C(=O)[C@H]2[C@H](CC=C3[C@H]2C[C@H]2C(=O)N(Nc4ncc(C(F)(F)F)cc4Cl)C(=O)[C@@]2(c2ccc(Cl)cc2)[C@H]3c2cccc(F)c2O)C1=O. The fraction of sp³-hybridized carbons (Fsp3) is 0.314. The van der Waals surface area contributed by atoms with Crippen LogP contribution in [-0.4, -0.2) is 61.2 Å². The molecule has 3 aromatic rings. The molecule has 1 saturated carbocycles. The van der Waals surface area contributed by atoms with Crippen molar-refractivity contribution in [1.82, 2.24) is 14.9 Å². The average Bonchev–Trinajstić information content (AvgIpc) is 3.46. The molecular formula is C35H26Cl2F4N4O7. The zero-order valence-corrected chi connectivity index (χ0v) is 28.0. The molecule has 2 saturated heterocycles. The number of rotatable bonds is 7. The van der Waals surface area contributed by atoms with Gasteiger partial charge >= 0.3 is 12.1 Å². The third-order valence-electron chi connectivity index (χ3n) is 10.5. The quantitative estimate of drug-likeness (QED) is 0.156. The summed E-state index contributed by atoms with van der Waals surface area (Å²) in [7, 11) is 0. The first-order valence-corrected chi connectivity index (χ1v) is 16.7. The summed E-state index contributed by atoms with van der Waals surface area (Å²) in [5.41, 5.74) is -0.221. The van der Waals surface area contributed by atoms with Gasteiger partial charge in [0.05, 0.1) is 40.2 Å². The number of allylic oxidation sites excluding steroid dienone is 2. The molecule has 270 valence electrons. The molecule has 1 aromatic heterocycles. The lowest BCUT2D eigenvalue weighted by atomic mass is 9.49. The number of fused-ring (bicyclic) bond motifs is 4. The summed E-state index contributed by atoms with van der Waals surface area (Å²) >= 11 is 12.4. The first-order chi connectivity index (χ1) is 24.6. The molecule has 2 aliphatic heterocycles. The molecule has 52 heavy (non-hydrogen) atoms. The highest BCUT2D eigenvalue weighted by Crippen LogP contribution is 2.65. The van der Waals surface area contributed by atoms with Gasteiger partial charge in [-0.05, 0) is 48.6 Å². The zero-order valence-electron chi connectivity index (χ0n) is 26.5. The summed E-state index contributed by atoms with van der Waals surface area (Å²) in [6.07, 6.45) is -3.43. The Bertz CT molecular complexity index is 2100. The highest BCUT2D eigenvalue weighted by molar-refractivity contribution is 6.33. The Labute approximate surface area is 301 Å². The standard InChI is InChI=1S/C35H26Cl2F4N4O7/c36-17-6-4-15(5-7-17)34-22(31(50)45(33(34)52)43-29-23(37)12-16(14-42-29)35(39,40)41)13-21-18(27(34)20-2-1-3-24(38)28(20)48)8-9-19-26(21)32(51)44(30(19)49)11-10-25(46)47/h1-8,12,14,19,21-22,26-27,48H,9-11,13H2,(H,42,43)(H,46,47)/t19-,21+,22-,26-,27+,34+/m0/s1. The number of hydrazine groups is 1. The van der Waals surface area contributed by atoms with Crippen molar-refractivity contribution < 1.29 is 51.7 Å². The van der Waals surface area contributed by atoms with E-state index in [9.17, 15) is 42.6 Å². The Morgan fingerprint density at radius 1 is 1.02 bits per heavy atom. The van der Waals surface area contributed by atoms with Crippen LogP contribution in [0.4, 0.5) is 23.4 Å². The van der Waals surface area contributed by atoms with Crippen LogP contribution in [0.15, 0.2) is 66.4 Å². The summed E-state index contributed by atoms with van der Waals surface area (Å²) in [6.45, 7) is -0.385. The second-order valence-corrected chi connectivity index (χ2v) is 13.9.